The van der Waals surface area contributed by atoms with Crippen molar-refractivity contribution in [1.29, 1.82) is 0 Å². The summed E-state index contributed by atoms with van der Waals surface area (Å²) in [4.78, 5) is 10.1. The number of aromatic nitrogens is 1. The molecule has 0 saturated heterocycles. The lowest BCUT2D eigenvalue weighted by molar-refractivity contribution is 0.287. The molecule has 1 atom stereocenters. The van der Waals surface area contributed by atoms with Crippen molar-refractivity contribution in [2.24, 2.45) is 4.99 Å². The monoisotopic (exact) mass is 532 g/mol. The first kappa shape index (κ1) is 25.5. The maximum absolute atomic E-state index is 5.74. The van der Waals surface area contributed by atoms with Gasteiger partial charge in [-0.05, 0) is 52.3 Å². The Kier molecular flexibility index (Phi) is 11.3. The number of hydrogen-bond acceptors (Lipinski definition) is 5. The minimum Gasteiger partial charge on any atom is -0.490 e. The molecule has 0 spiro atoms. The Balaban J connectivity index is 0.00000420. The van der Waals surface area contributed by atoms with E-state index in [0.717, 1.165) is 46.7 Å². The summed E-state index contributed by atoms with van der Waals surface area (Å²) in [6.07, 6.45) is 0.934. The zero-order valence-electron chi connectivity index (χ0n) is 18.2. The predicted octanol–water partition coefficient (Wildman–Crippen LogP) is 4.64. The van der Waals surface area contributed by atoms with E-state index in [1.165, 1.54) is 4.88 Å². The van der Waals surface area contributed by atoms with Gasteiger partial charge in [0.1, 0.15) is 0 Å². The minimum absolute atomic E-state index is 0. The summed E-state index contributed by atoms with van der Waals surface area (Å²) in [5.41, 5.74) is 2.24. The molecule has 29 heavy (non-hydrogen) atoms. The SMILES string of the molecule is CCOc1ccc(C(C)NC(=NC)NCCc2sc(C)nc2C)cc1OCC.I. The molecule has 1 aromatic carbocycles. The van der Waals surface area contributed by atoms with E-state index in [9.17, 15) is 0 Å². The molecule has 8 heteroatoms. The van der Waals surface area contributed by atoms with Crippen LogP contribution in [0.3, 0.4) is 0 Å². The second kappa shape index (κ2) is 12.9. The van der Waals surface area contributed by atoms with Gasteiger partial charge >= 0.3 is 0 Å². The van der Waals surface area contributed by atoms with Crippen LogP contribution in [-0.4, -0.2) is 37.7 Å². The van der Waals surface area contributed by atoms with Gasteiger partial charge in [0.05, 0.1) is 30.0 Å². The molecule has 162 valence electrons. The first-order valence-corrected chi connectivity index (χ1v) is 10.6. The Labute approximate surface area is 195 Å². The Hall–Kier alpha value is -1.55. The Morgan fingerprint density at radius 1 is 1.17 bits per heavy atom. The summed E-state index contributed by atoms with van der Waals surface area (Å²) in [6, 6.07) is 6.13. The quantitative estimate of drug-likeness (QED) is 0.280. The van der Waals surface area contributed by atoms with Gasteiger partial charge in [0.2, 0.25) is 0 Å². The van der Waals surface area contributed by atoms with Crippen LogP contribution in [0.2, 0.25) is 0 Å². The fourth-order valence-electron chi connectivity index (χ4n) is 2.92. The number of ether oxygens (including phenoxy) is 2. The van der Waals surface area contributed by atoms with Crippen LogP contribution < -0.4 is 20.1 Å². The fraction of sp³-hybridized carbons (Fsp3) is 0.524. The molecule has 1 heterocycles. The molecule has 0 aliphatic carbocycles. The van der Waals surface area contributed by atoms with Crippen LogP contribution in [0.4, 0.5) is 0 Å². The van der Waals surface area contributed by atoms with Crippen molar-refractivity contribution in [1.82, 2.24) is 15.6 Å². The van der Waals surface area contributed by atoms with Crippen LogP contribution in [0.5, 0.6) is 11.5 Å². The number of hydrogen-bond donors (Lipinski definition) is 2. The van der Waals surface area contributed by atoms with E-state index < -0.39 is 0 Å². The summed E-state index contributed by atoms with van der Waals surface area (Å²) < 4.78 is 11.4. The number of thiazole rings is 1. The average Bonchev–Trinajstić information content (AvgIpc) is 2.99. The minimum atomic E-state index is 0. The molecule has 2 rings (SSSR count). The molecule has 0 saturated carbocycles. The summed E-state index contributed by atoms with van der Waals surface area (Å²) in [5, 5.41) is 7.94. The lowest BCUT2D eigenvalue weighted by Crippen LogP contribution is -2.39. The Bertz CT molecular complexity index is 795. The summed E-state index contributed by atoms with van der Waals surface area (Å²) in [6.45, 7) is 12.2. The lowest BCUT2D eigenvalue weighted by atomic mass is 10.1. The van der Waals surface area contributed by atoms with E-state index >= 15 is 0 Å². The van der Waals surface area contributed by atoms with Gasteiger partial charge in [-0.15, -0.1) is 35.3 Å². The third-order valence-electron chi connectivity index (χ3n) is 4.29. The average molecular weight is 532 g/mol. The normalized spacial score (nSPS) is 12.1. The van der Waals surface area contributed by atoms with Gasteiger partial charge in [0, 0.05) is 24.9 Å². The number of guanidine groups is 1. The van der Waals surface area contributed by atoms with Gasteiger partial charge in [-0.3, -0.25) is 4.99 Å². The maximum atomic E-state index is 5.74. The molecule has 0 aliphatic heterocycles. The molecule has 0 fully saturated rings. The van der Waals surface area contributed by atoms with Gasteiger partial charge in [0.25, 0.3) is 0 Å². The van der Waals surface area contributed by atoms with Crippen LogP contribution in [0, 0.1) is 13.8 Å². The second-order valence-corrected chi connectivity index (χ2v) is 7.72. The van der Waals surface area contributed by atoms with Gasteiger partial charge in [-0.25, -0.2) is 4.98 Å². The smallest absolute Gasteiger partial charge is 0.191 e. The topological polar surface area (TPSA) is 67.8 Å². The molecule has 2 aromatic rings. The highest BCUT2D eigenvalue weighted by atomic mass is 127. The van der Waals surface area contributed by atoms with E-state index in [1.54, 1.807) is 18.4 Å². The van der Waals surface area contributed by atoms with Crippen molar-refractivity contribution in [3.63, 3.8) is 0 Å². The lowest BCUT2D eigenvalue weighted by Gasteiger charge is -2.20. The first-order valence-electron chi connectivity index (χ1n) is 9.78. The van der Waals surface area contributed by atoms with Crippen LogP contribution in [0.1, 0.15) is 48.0 Å². The van der Waals surface area contributed by atoms with Gasteiger partial charge in [-0.2, -0.15) is 0 Å². The highest BCUT2D eigenvalue weighted by Crippen LogP contribution is 2.30. The molecule has 1 aromatic heterocycles. The van der Waals surface area contributed by atoms with Crippen molar-refractivity contribution in [3.8, 4) is 11.5 Å². The first-order chi connectivity index (χ1) is 13.5. The fourth-order valence-corrected chi connectivity index (χ4v) is 3.86. The zero-order chi connectivity index (χ0) is 20.5. The summed E-state index contributed by atoms with van der Waals surface area (Å²) in [5.74, 6) is 2.32. The molecular weight excluding hydrogens is 499 g/mol. The molecule has 6 nitrogen and oxygen atoms in total. The molecule has 1 unspecified atom stereocenters. The van der Waals surface area contributed by atoms with Crippen molar-refractivity contribution >= 4 is 41.3 Å². The highest BCUT2D eigenvalue weighted by Gasteiger charge is 2.13. The Morgan fingerprint density at radius 3 is 2.45 bits per heavy atom. The van der Waals surface area contributed by atoms with E-state index in [1.807, 2.05) is 32.9 Å². The van der Waals surface area contributed by atoms with Gasteiger partial charge < -0.3 is 20.1 Å². The number of nitrogens with one attached hydrogen (secondary N) is 2. The number of aliphatic imine (C=N–C) groups is 1. The van der Waals surface area contributed by atoms with Crippen molar-refractivity contribution in [2.75, 3.05) is 26.8 Å². The van der Waals surface area contributed by atoms with E-state index in [0.29, 0.717) is 13.2 Å². The molecular formula is C21H33IN4O2S. The van der Waals surface area contributed by atoms with Crippen LogP contribution in [-0.2, 0) is 6.42 Å². The van der Waals surface area contributed by atoms with E-state index in [4.69, 9.17) is 9.47 Å². The highest BCUT2D eigenvalue weighted by molar-refractivity contribution is 14.0. The van der Waals surface area contributed by atoms with Gasteiger partial charge in [-0.1, -0.05) is 6.07 Å². The predicted molar refractivity (Wildman–Crippen MR) is 132 cm³/mol. The third kappa shape index (κ3) is 7.65. The maximum Gasteiger partial charge on any atom is 0.191 e. The number of benzene rings is 1. The van der Waals surface area contributed by atoms with Crippen molar-refractivity contribution in [2.45, 2.75) is 47.1 Å². The molecule has 0 bridgehead atoms. The number of halogens is 1. The third-order valence-corrected chi connectivity index (χ3v) is 5.42. The number of nitrogens with zero attached hydrogens (tertiary/aromatic N) is 2. The van der Waals surface area contributed by atoms with Crippen molar-refractivity contribution in [3.05, 3.63) is 39.3 Å². The molecule has 0 aliphatic rings. The van der Waals surface area contributed by atoms with Crippen molar-refractivity contribution < 1.29 is 9.47 Å². The molecule has 0 radical (unpaired) electrons. The standard InChI is InChI=1S/C21H32N4O2S.HI/c1-7-26-18-10-9-17(13-19(18)27-8-2)14(3)25-21(22-6)23-12-11-20-15(4)24-16(5)28-20;/h9-10,13-14H,7-8,11-12H2,1-6H3,(H2,22,23,25);1H. The van der Waals surface area contributed by atoms with Crippen LogP contribution in [0.15, 0.2) is 23.2 Å². The van der Waals surface area contributed by atoms with Crippen LogP contribution in [0.25, 0.3) is 0 Å². The van der Waals surface area contributed by atoms with Crippen LogP contribution >= 0.6 is 35.3 Å². The number of aryl methyl sites for hydroxylation is 2. The zero-order valence-corrected chi connectivity index (χ0v) is 21.3. The second-order valence-electron chi connectivity index (χ2n) is 6.43. The Morgan fingerprint density at radius 2 is 1.86 bits per heavy atom. The van der Waals surface area contributed by atoms with E-state index in [2.05, 4.69) is 40.5 Å². The summed E-state index contributed by atoms with van der Waals surface area (Å²) in [7, 11) is 1.79. The summed E-state index contributed by atoms with van der Waals surface area (Å²) >= 11 is 1.76. The largest absolute Gasteiger partial charge is 0.490 e. The van der Waals surface area contributed by atoms with Gasteiger partial charge in [0.15, 0.2) is 17.5 Å². The van der Waals surface area contributed by atoms with E-state index in [-0.39, 0.29) is 30.0 Å². The molecule has 0 amide bonds. The number of rotatable bonds is 9. The molecule has 2 N–H and O–H groups in total.